The molecule has 12 nitrogen and oxygen atoms in total. The Morgan fingerprint density at radius 3 is 1.57 bits per heavy atom. The Kier molecular flexibility index (Phi) is 11.2. The zero-order valence-electron chi connectivity index (χ0n) is 35.2. The SMILES string of the molecule is O=C(OC(=O)c1ccc(C2(NC(=O)c3cc(Cl)cnc3N3CCC(c4ccccc4)C3)CC2)cc1)c1ccc(C2(NC(=O)c3cc(Cl)cnc3N3CC(Oc4ccccc4)C3)CC2)cc1. The van der Waals surface area contributed by atoms with Gasteiger partial charge in [0.25, 0.3) is 11.8 Å². The zero-order valence-corrected chi connectivity index (χ0v) is 36.7. The largest absolute Gasteiger partial charge is 0.487 e. The lowest BCUT2D eigenvalue weighted by molar-refractivity contribution is 0.0397. The molecular formula is C51H44Cl2N6O6. The molecule has 65 heavy (non-hydrogen) atoms. The van der Waals surface area contributed by atoms with E-state index in [1.54, 1.807) is 66.9 Å². The van der Waals surface area contributed by atoms with Gasteiger partial charge in [0.1, 0.15) is 23.5 Å². The summed E-state index contributed by atoms with van der Waals surface area (Å²) >= 11 is 12.7. The summed E-state index contributed by atoms with van der Waals surface area (Å²) in [5, 5.41) is 7.13. The van der Waals surface area contributed by atoms with Crippen LogP contribution in [0.25, 0.3) is 0 Å². The van der Waals surface area contributed by atoms with Gasteiger partial charge in [0.05, 0.1) is 56.5 Å². The van der Waals surface area contributed by atoms with Crippen LogP contribution in [0.5, 0.6) is 5.75 Å². The van der Waals surface area contributed by atoms with Gasteiger partial charge in [-0.15, -0.1) is 0 Å². The minimum Gasteiger partial charge on any atom is -0.487 e. The Labute approximate surface area is 385 Å². The van der Waals surface area contributed by atoms with Crippen LogP contribution in [0.4, 0.5) is 11.6 Å². The number of benzene rings is 4. The number of nitrogens with zero attached hydrogens (tertiary/aromatic N) is 4. The van der Waals surface area contributed by atoms with Crippen molar-refractivity contribution in [3.05, 3.63) is 183 Å². The molecule has 2 N–H and O–H groups in total. The molecule has 1 atom stereocenters. The molecule has 2 aliphatic heterocycles. The fraction of sp³-hybridized carbons (Fsp3) is 0.255. The average Bonchev–Trinajstić information content (AvgIpc) is 4.23. The fourth-order valence-electron chi connectivity index (χ4n) is 8.87. The van der Waals surface area contributed by atoms with Crippen LogP contribution in [0.15, 0.2) is 134 Å². The molecule has 2 amide bonds. The summed E-state index contributed by atoms with van der Waals surface area (Å²) in [4.78, 5) is 67.3. The van der Waals surface area contributed by atoms with Crippen LogP contribution in [0.2, 0.25) is 10.0 Å². The molecule has 10 rings (SSSR count). The van der Waals surface area contributed by atoms with Gasteiger partial charge < -0.3 is 29.9 Å². The van der Waals surface area contributed by atoms with Crippen LogP contribution in [-0.2, 0) is 15.8 Å². The van der Waals surface area contributed by atoms with Crippen LogP contribution in [0, 0.1) is 0 Å². The van der Waals surface area contributed by atoms with E-state index in [2.05, 4.69) is 37.6 Å². The number of hydrogen-bond acceptors (Lipinski definition) is 10. The summed E-state index contributed by atoms with van der Waals surface area (Å²) in [6.45, 7) is 2.65. The van der Waals surface area contributed by atoms with Crippen molar-refractivity contribution in [3.8, 4) is 5.75 Å². The molecule has 14 heteroatoms. The molecule has 4 aliphatic rings. The van der Waals surface area contributed by atoms with E-state index in [4.69, 9.17) is 32.7 Å². The number of esters is 2. The van der Waals surface area contributed by atoms with Crippen molar-refractivity contribution in [1.82, 2.24) is 20.6 Å². The standard InChI is InChI=1S/C51H44Cl2N6O6/c52-38-25-42(44(54-27-38)58-24-19-35(29-58)32-7-3-1-4-8-32)46(60)56-50(20-21-50)36-15-11-33(12-16-36)48(62)65-49(63)34-13-17-37(18-14-34)51(22-23-51)57-47(61)43-26-39(53)28-55-45(43)59-30-41(31-59)64-40-9-5-2-6-10-40/h1-18,25-28,35,41H,19-24,29-31H2,(H,56,60)(H,57,61). The second kappa shape index (κ2) is 17.3. The van der Waals surface area contributed by atoms with Gasteiger partial charge >= 0.3 is 11.9 Å². The highest BCUT2D eigenvalue weighted by Gasteiger charge is 2.48. The van der Waals surface area contributed by atoms with Gasteiger partial charge in [-0.3, -0.25) is 9.59 Å². The number of pyridine rings is 2. The van der Waals surface area contributed by atoms with Gasteiger partial charge in [-0.05, 0) is 97.3 Å². The Hall–Kier alpha value is -6.76. The number of aromatic nitrogens is 2. The van der Waals surface area contributed by atoms with E-state index < -0.39 is 23.0 Å². The number of carbonyl (C=O) groups excluding carboxylic acids is 4. The minimum atomic E-state index is -0.803. The van der Waals surface area contributed by atoms with Gasteiger partial charge in [-0.2, -0.15) is 0 Å². The fourth-order valence-corrected chi connectivity index (χ4v) is 9.19. The molecule has 2 aromatic heterocycles. The molecular weight excluding hydrogens is 864 g/mol. The van der Waals surface area contributed by atoms with Gasteiger partial charge in [-0.1, -0.05) is 96.0 Å². The van der Waals surface area contributed by atoms with Crippen molar-refractivity contribution in [1.29, 1.82) is 0 Å². The Morgan fingerprint density at radius 1 is 0.600 bits per heavy atom. The lowest BCUT2D eigenvalue weighted by Crippen LogP contribution is -2.55. The summed E-state index contributed by atoms with van der Waals surface area (Å²) in [6.07, 6.45) is 6.86. The number of nitrogens with one attached hydrogen (secondary N) is 2. The first-order valence-corrected chi connectivity index (χ1v) is 22.5. The maximum absolute atomic E-state index is 13.9. The predicted octanol–water partition coefficient (Wildman–Crippen LogP) is 8.88. The topological polar surface area (TPSA) is 143 Å². The van der Waals surface area contributed by atoms with Crippen LogP contribution >= 0.6 is 23.2 Å². The lowest BCUT2D eigenvalue weighted by Gasteiger charge is -2.40. The molecule has 0 spiro atoms. The molecule has 2 saturated heterocycles. The van der Waals surface area contributed by atoms with Crippen LogP contribution in [-0.4, -0.2) is 66.0 Å². The highest BCUT2D eigenvalue weighted by molar-refractivity contribution is 6.31. The van der Waals surface area contributed by atoms with Crippen molar-refractivity contribution < 1.29 is 28.7 Å². The number of halogens is 2. The van der Waals surface area contributed by atoms with Crippen LogP contribution in [0.1, 0.15) is 96.1 Å². The number of ether oxygens (including phenoxy) is 2. The van der Waals surface area contributed by atoms with E-state index in [1.165, 1.54) is 11.8 Å². The highest BCUT2D eigenvalue weighted by Crippen LogP contribution is 2.47. The normalized spacial score (nSPS) is 18.0. The van der Waals surface area contributed by atoms with Crippen molar-refractivity contribution in [2.24, 2.45) is 0 Å². The number of rotatable bonds is 13. The Morgan fingerprint density at radius 2 is 1.08 bits per heavy atom. The highest BCUT2D eigenvalue weighted by atomic mass is 35.5. The van der Waals surface area contributed by atoms with Crippen molar-refractivity contribution >= 4 is 58.6 Å². The monoisotopic (exact) mass is 906 g/mol. The lowest BCUT2D eigenvalue weighted by atomic mass is 9.99. The molecule has 1 unspecified atom stereocenters. The smallest absolute Gasteiger partial charge is 0.346 e. The van der Waals surface area contributed by atoms with Gasteiger partial charge in [0, 0.05) is 31.4 Å². The molecule has 6 aromatic rings. The summed E-state index contributed by atoms with van der Waals surface area (Å²) in [5.74, 6) is 0.0707. The molecule has 2 saturated carbocycles. The van der Waals surface area contributed by atoms with Crippen molar-refractivity contribution in [2.45, 2.75) is 55.2 Å². The summed E-state index contributed by atoms with van der Waals surface area (Å²) in [7, 11) is 0. The summed E-state index contributed by atoms with van der Waals surface area (Å²) < 4.78 is 11.3. The van der Waals surface area contributed by atoms with E-state index in [1.807, 2.05) is 53.4 Å². The second-order valence-corrected chi connectivity index (χ2v) is 18.1. The van der Waals surface area contributed by atoms with Crippen molar-refractivity contribution in [2.75, 3.05) is 36.0 Å². The third-order valence-corrected chi connectivity index (χ3v) is 13.3. The molecule has 4 fully saturated rings. The number of para-hydroxylation sites is 1. The number of anilines is 2. The van der Waals surface area contributed by atoms with E-state index >= 15 is 0 Å². The van der Waals surface area contributed by atoms with Gasteiger partial charge in [0.2, 0.25) is 0 Å². The quantitative estimate of drug-likeness (QED) is 0.0853. The first-order chi connectivity index (χ1) is 31.5. The minimum absolute atomic E-state index is 0.0361. The summed E-state index contributed by atoms with van der Waals surface area (Å²) in [6, 6.07) is 36.7. The molecule has 0 bridgehead atoms. The van der Waals surface area contributed by atoms with E-state index in [9.17, 15) is 19.2 Å². The third kappa shape index (κ3) is 8.88. The number of amides is 2. The van der Waals surface area contributed by atoms with Crippen LogP contribution < -0.4 is 25.2 Å². The number of carbonyl (C=O) groups is 4. The number of hydrogen-bond donors (Lipinski definition) is 2. The zero-order chi connectivity index (χ0) is 44.7. The Balaban J connectivity index is 0.745. The first kappa shape index (κ1) is 42.2. The average molecular weight is 908 g/mol. The molecule has 0 radical (unpaired) electrons. The summed E-state index contributed by atoms with van der Waals surface area (Å²) in [5.41, 5.74) is 2.82. The van der Waals surface area contributed by atoms with E-state index in [0.717, 1.165) is 36.4 Å². The molecule has 328 valence electrons. The molecule has 4 aromatic carbocycles. The van der Waals surface area contributed by atoms with E-state index in [-0.39, 0.29) is 29.0 Å². The maximum Gasteiger partial charge on any atom is 0.346 e. The van der Waals surface area contributed by atoms with Crippen LogP contribution in [0.3, 0.4) is 0 Å². The second-order valence-electron chi connectivity index (χ2n) is 17.3. The van der Waals surface area contributed by atoms with Gasteiger partial charge in [0.15, 0.2) is 0 Å². The van der Waals surface area contributed by atoms with E-state index in [0.29, 0.717) is 77.5 Å². The first-order valence-electron chi connectivity index (χ1n) is 21.8. The molecule has 2 aliphatic carbocycles. The predicted molar refractivity (Wildman–Crippen MR) is 247 cm³/mol. The third-order valence-electron chi connectivity index (χ3n) is 12.8. The molecule has 4 heterocycles. The van der Waals surface area contributed by atoms with Gasteiger partial charge in [-0.25, -0.2) is 19.6 Å². The maximum atomic E-state index is 13.9. The van der Waals surface area contributed by atoms with Crippen molar-refractivity contribution in [3.63, 3.8) is 0 Å². The Bertz CT molecular complexity index is 2780.